The Kier molecular flexibility index (Phi) is 6.82. The van der Waals surface area contributed by atoms with Gasteiger partial charge in [-0.3, -0.25) is 9.59 Å². The van der Waals surface area contributed by atoms with E-state index >= 15 is 0 Å². The minimum atomic E-state index is -0.261. The normalized spacial score (nSPS) is 13.0. The molecule has 0 unspecified atom stereocenters. The van der Waals surface area contributed by atoms with Crippen molar-refractivity contribution in [3.05, 3.63) is 81.0 Å². The molecular weight excluding hydrogens is 442 g/mol. The van der Waals surface area contributed by atoms with Crippen LogP contribution in [0.3, 0.4) is 0 Å². The van der Waals surface area contributed by atoms with Gasteiger partial charge in [0.1, 0.15) is 0 Å². The second kappa shape index (κ2) is 9.76. The molecule has 1 aliphatic carbocycles. The number of hydrogen-bond acceptors (Lipinski definition) is 4. The van der Waals surface area contributed by atoms with Crippen molar-refractivity contribution < 1.29 is 9.59 Å². The van der Waals surface area contributed by atoms with E-state index in [-0.39, 0.29) is 11.8 Å². The summed E-state index contributed by atoms with van der Waals surface area (Å²) in [5, 5.41) is 5.28. The summed E-state index contributed by atoms with van der Waals surface area (Å²) in [6.07, 6.45) is 2.34. The molecule has 166 valence electrons. The molecule has 0 bridgehead atoms. The lowest BCUT2D eigenvalue weighted by Gasteiger charge is -2.26. The number of nitrogens with one attached hydrogen (secondary N) is 1. The van der Waals surface area contributed by atoms with E-state index in [1.165, 1.54) is 24.2 Å². The largest absolute Gasteiger partial charge is 0.377 e. The van der Waals surface area contributed by atoms with Crippen LogP contribution in [0.2, 0.25) is 5.02 Å². The molecule has 0 saturated heterocycles. The molecule has 0 atom stereocenters. The zero-order chi connectivity index (χ0) is 22.7. The predicted molar refractivity (Wildman–Crippen MR) is 132 cm³/mol. The van der Waals surface area contributed by atoms with Gasteiger partial charge in [0.2, 0.25) is 0 Å². The molecule has 2 amide bonds. The lowest BCUT2D eigenvalue weighted by molar-refractivity contribution is 0.0740. The van der Waals surface area contributed by atoms with Gasteiger partial charge in [-0.15, -0.1) is 11.3 Å². The van der Waals surface area contributed by atoms with E-state index in [2.05, 4.69) is 5.32 Å². The van der Waals surface area contributed by atoms with E-state index in [0.29, 0.717) is 28.7 Å². The zero-order valence-electron chi connectivity index (χ0n) is 18.2. The van der Waals surface area contributed by atoms with Gasteiger partial charge in [0.25, 0.3) is 11.8 Å². The number of nitrogens with zero attached hydrogens (tertiary/aromatic N) is 2. The molecule has 1 aliphatic rings. The lowest BCUT2D eigenvalue weighted by Crippen LogP contribution is -2.32. The molecule has 3 aromatic rings. The highest BCUT2D eigenvalue weighted by Gasteiger charge is 2.28. The zero-order valence-corrected chi connectivity index (χ0v) is 19.7. The first-order valence-corrected chi connectivity index (χ1v) is 11.9. The average molecular weight is 468 g/mol. The van der Waals surface area contributed by atoms with E-state index in [4.69, 9.17) is 11.6 Å². The minimum absolute atomic E-state index is 0.0575. The number of halogens is 1. The first-order chi connectivity index (χ1) is 15.4. The predicted octanol–water partition coefficient (Wildman–Crippen LogP) is 5.77. The topological polar surface area (TPSA) is 52.7 Å². The van der Waals surface area contributed by atoms with Crippen LogP contribution < -0.4 is 10.2 Å². The van der Waals surface area contributed by atoms with Crippen LogP contribution >= 0.6 is 22.9 Å². The van der Waals surface area contributed by atoms with Crippen molar-refractivity contribution in [2.75, 3.05) is 30.9 Å². The molecule has 7 heteroatoms. The average Bonchev–Trinajstić information content (AvgIpc) is 3.41. The number of benzene rings is 2. The summed E-state index contributed by atoms with van der Waals surface area (Å²) >= 11 is 7.65. The maximum atomic E-state index is 13.2. The summed E-state index contributed by atoms with van der Waals surface area (Å²) in [7, 11) is 3.96. The highest BCUT2D eigenvalue weighted by Crippen LogP contribution is 2.32. The number of anilines is 2. The molecule has 4 rings (SSSR count). The molecule has 0 radical (unpaired) electrons. The molecular formula is C25H26ClN3O2S. The Balaban J connectivity index is 1.60. The van der Waals surface area contributed by atoms with Gasteiger partial charge < -0.3 is 15.1 Å². The maximum Gasteiger partial charge on any atom is 0.264 e. The number of carbonyl (C=O) groups is 2. The molecule has 1 heterocycles. The van der Waals surface area contributed by atoms with Crippen molar-refractivity contribution in [1.82, 2.24) is 4.90 Å². The van der Waals surface area contributed by atoms with Crippen molar-refractivity contribution in [2.24, 2.45) is 5.92 Å². The fourth-order valence-electron chi connectivity index (χ4n) is 3.66. The maximum absolute atomic E-state index is 13.2. The Morgan fingerprint density at radius 2 is 1.88 bits per heavy atom. The number of amides is 2. The van der Waals surface area contributed by atoms with E-state index in [9.17, 15) is 9.59 Å². The SMILES string of the molecule is CN(C)c1ccc(NC(=O)c2ccccc2Cl)cc1CN(CC1CC1)C(=O)c1cccs1. The van der Waals surface area contributed by atoms with E-state index in [0.717, 1.165) is 22.7 Å². The number of rotatable bonds is 8. The molecule has 0 aliphatic heterocycles. The molecule has 1 aromatic heterocycles. The van der Waals surface area contributed by atoms with Crippen LogP contribution in [0.4, 0.5) is 11.4 Å². The Labute approximate surface area is 197 Å². The quantitative estimate of drug-likeness (QED) is 0.457. The van der Waals surface area contributed by atoms with Crippen molar-refractivity contribution in [1.29, 1.82) is 0 Å². The van der Waals surface area contributed by atoms with Crippen LogP contribution in [-0.2, 0) is 6.54 Å². The highest BCUT2D eigenvalue weighted by molar-refractivity contribution is 7.12. The van der Waals surface area contributed by atoms with Crippen LogP contribution in [0.25, 0.3) is 0 Å². The van der Waals surface area contributed by atoms with Gasteiger partial charge in [0, 0.05) is 38.6 Å². The van der Waals surface area contributed by atoms with Gasteiger partial charge in [0.05, 0.1) is 15.5 Å². The van der Waals surface area contributed by atoms with Crippen molar-refractivity contribution in [2.45, 2.75) is 19.4 Å². The van der Waals surface area contributed by atoms with Crippen LogP contribution in [0.15, 0.2) is 60.0 Å². The second-order valence-corrected chi connectivity index (χ2v) is 9.63. The molecule has 32 heavy (non-hydrogen) atoms. The Bertz CT molecular complexity index is 1110. The second-order valence-electron chi connectivity index (χ2n) is 8.28. The molecule has 2 aromatic carbocycles. The van der Waals surface area contributed by atoms with Crippen molar-refractivity contribution >= 4 is 46.1 Å². The van der Waals surface area contributed by atoms with Crippen molar-refractivity contribution in [3.63, 3.8) is 0 Å². The van der Waals surface area contributed by atoms with Crippen LogP contribution in [-0.4, -0.2) is 37.4 Å². The van der Waals surface area contributed by atoms with Crippen LogP contribution in [0, 0.1) is 5.92 Å². The molecule has 1 N–H and O–H groups in total. The number of hydrogen-bond donors (Lipinski definition) is 1. The van der Waals surface area contributed by atoms with Gasteiger partial charge >= 0.3 is 0 Å². The molecule has 0 spiro atoms. The van der Waals surface area contributed by atoms with Crippen LogP contribution in [0.5, 0.6) is 0 Å². The fraction of sp³-hybridized carbons (Fsp3) is 0.280. The summed E-state index contributed by atoms with van der Waals surface area (Å²) in [4.78, 5) is 30.6. The number of thiophene rings is 1. The first kappa shape index (κ1) is 22.4. The summed E-state index contributed by atoms with van der Waals surface area (Å²) in [5.41, 5.74) is 3.10. The minimum Gasteiger partial charge on any atom is -0.377 e. The summed E-state index contributed by atoms with van der Waals surface area (Å²) in [6.45, 7) is 1.23. The fourth-order valence-corrected chi connectivity index (χ4v) is 4.58. The summed E-state index contributed by atoms with van der Waals surface area (Å²) in [5.74, 6) is 0.371. The Hall–Kier alpha value is -2.83. The van der Waals surface area contributed by atoms with Gasteiger partial charge in [-0.2, -0.15) is 0 Å². The number of carbonyl (C=O) groups excluding carboxylic acids is 2. The summed E-state index contributed by atoms with van der Waals surface area (Å²) in [6, 6.07) is 16.6. The Morgan fingerprint density at radius 1 is 1.09 bits per heavy atom. The van der Waals surface area contributed by atoms with Gasteiger partial charge in [-0.25, -0.2) is 0 Å². The van der Waals surface area contributed by atoms with Crippen LogP contribution in [0.1, 0.15) is 38.4 Å². The van der Waals surface area contributed by atoms with E-state index < -0.39 is 0 Å². The van der Waals surface area contributed by atoms with E-state index in [1.807, 2.05) is 59.6 Å². The van der Waals surface area contributed by atoms with Crippen molar-refractivity contribution in [3.8, 4) is 0 Å². The monoisotopic (exact) mass is 467 g/mol. The summed E-state index contributed by atoms with van der Waals surface area (Å²) < 4.78 is 0. The molecule has 1 saturated carbocycles. The molecule has 1 fully saturated rings. The van der Waals surface area contributed by atoms with Gasteiger partial charge in [0.15, 0.2) is 0 Å². The standard InChI is InChI=1S/C25H26ClN3O2S/c1-28(2)22-12-11-19(27-24(30)20-6-3-4-7-21(20)26)14-18(22)16-29(15-17-9-10-17)25(31)23-8-5-13-32-23/h3-8,11-14,17H,9-10,15-16H2,1-2H3,(H,27,30). The third-order valence-corrected chi connectivity index (χ3v) is 6.68. The van der Waals surface area contributed by atoms with Gasteiger partial charge in [-0.1, -0.05) is 29.8 Å². The smallest absolute Gasteiger partial charge is 0.264 e. The Morgan fingerprint density at radius 3 is 2.53 bits per heavy atom. The van der Waals surface area contributed by atoms with E-state index in [1.54, 1.807) is 24.3 Å². The molecule has 5 nitrogen and oxygen atoms in total. The highest BCUT2D eigenvalue weighted by atomic mass is 35.5. The third-order valence-electron chi connectivity index (χ3n) is 5.49. The van der Waals surface area contributed by atoms with Gasteiger partial charge in [-0.05, 0) is 66.1 Å². The third kappa shape index (κ3) is 5.31. The lowest BCUT2D eigenvalue weighted by atomic mass is 10.1. The first-order valence-electron chi connectivity index (χ1n) is 10.6.